The maximum Gasteiger partial charge on any atom is 0.0438 e. The van der Waals surface area contributed by atoms with Crippen LogP contribution >= 0.6 is 23.4 Å². The summed E-state index contributed by atoms with van der Waals surface area (Å²) in [7, 11) is 0. The second-order valence-corrected chi connectivity index (χ2v) is 5.58. The molecule has 1 rings (SSSR count). The lowest BCUT2D eigenvalue weighted by molar-refractivity contribution is 0.296. The molecule has 0 spiro atoms. The molecule has 0 heterocycles. The minimum absolute atomic E-state index is 0.296. The fourth-order valence-electron chi connectivity index (χ4n) is 1.46. The number of nitrogens with one attached hydrogen (secondary N) is 1. The average Bonchev–Trinajstić information content (AvgIpc) is 2.32. The normalized spacial score (nSPS) is 10.8. The fraction of sp³-hybridized carbons (Fsp3) is 0.538. The Balaban J connectivity index is 2.11. The maximum atomic E-state index is 8.63. The van der Waals surface area contributed by atoms with Crippen LogP contribution in [0, 0.1) is 6.92 Å². The van der Waals surface area contributed by atoms with E-state index in [4.69, 9.17) is 16.7 Å². The van der Waals surface area contributed by atoms with E-state index in [1.54, 1.807) is 0 Å². The van der Waals surface area contributed by atoms with Gasteiger partial charge in [0.1, 0.15) is 0 Å². The van der Waals surface area contributed by atoms with Crippen LogP contribution in [0.15, 0.2) is 18.2 Å². The van der Waals surface area contributed by atoms with E-state index in [9.17, 15) is 0 Å². The summed E-state index contributed by atoms with van der Waals surface area (Å²) in [5.41, 5.74) is 2.40. The van der Waals surface area contributed by atoms with Gasteiger partial charge in [0.2, 0.25) is 0 Å². The molecule has 0 unspecified atom stereocenters. The highest BCUT2D eigenvalue weighted by Gasteiger charge is 1.97. The van der Waals surface area contributed by atoms with E-state index in [2.05, 4.69) is 17.4 Å². The predicted molar refractivity (Wildman–Crippen MR) is 76.9 cm³/mol. The molecule has 0 saturated carbocycles. The van der Waals surface area contributed by atoms with Gasteiger partial charge in [0.25, 0.3) is 0 Å². The van der Waals surface area contributed by atoms with Crippen LogP contribution in [0.1, 0.15) is 17.5 Å². The van der Waals surface area contributed by atoms with Gasteiger partial charge in [0, 0.05) is 30.5 Å². The Labute approximate surface area is 113 Å². The molecule has 1 aromatic rings. The molecule has 0 radical (unpaired) electrons. The molecule has 0 atom stereocenters. The molecule has 17 heavy (non-hydrogen) atoms. The third kappa shape index (κ3) is 6.32. The van der Waals surface area contributed by atoms with Gasteiger partial charge in [-0.3, -0.25) is 0 Å². The standard InChI is InChI=1S/C13H20ClNOS/c1-11-9-12(3-4-13(11)14)10-15-5-8-17-7-2-6-16/h3-4,9,15-16H,2,5-8,10H2,1H3. The summed E-state index contributed by atoms with van der Waals surface area (Å²) in [6, 6.07) is 6.12. The second kappa shape index (κ2) is 8.81. The molecule has 2 nitrogen and oxygen atoms in total. The van der Waals surface area contributed by atoms with Crippen molar-refractivity contribution in [1.29, 1.82) is 0 Å². The SMILES string of the molecule is Cc1cc(CNCCSCCCO)ccc1Cl. The summed E-state index contributed by atoms with van der Waals surface area (Å²) in [5, 5.41) is 12.9. The Morgan fingerprint density at radius 2 is 2.18 bits per heavy atom. The van der Waals surface area contributed by atoms with Crippen molar-refractivity contribution in [2.75, 3.05) is 24.7 Å². The van der Waals surface area contributed by atoms with Crippen molar-refractivity contribution in [1.82, 2.24) is 5.32 Å². The highest BCUT2D eigenvalue weighted by molar-refractivity contribution is 7.99. The number of rotatable bonds is 8. The highest BCUT2D eigenvalue weighted by atomic mass is 35.5. The molecule has 96 valence electrons. The molecule has 0 fully saturated rings. The smallest absolute Gasteiger partial charge is 0.0438 e. The monoisotopic (exact) mass is 273 g/mol. The average molecular weight is 274 g/mol. The van der Waals surface area contributed by atoms with Crippen molar-refractivity contribution < 1.29 is 5.11 Å². The van der Waals surface area contributed by atoms with Crippen molar-refractivity contribution in [3.63, 3.8) is 0 Å². The van der Waals surface area contributed by atoms with Gasteiger partial charge in [-0.1, -0.05) is 23.7 Å². The third-order valence-electron chi connectivity index (χ3n) is 2.42. The first-order chi connectivity index (χ1) is 8.24. The summed E-state index contributed by atoms with van der Waals surface area (Å²) in [6.45, 7) is 4.21. The van der Waals surface area contributed by atoms with Gasteiger partial charge < -0.3 is 10.4 Å². The van der Waals surface area contributed by atoms with Gasteiger partial charge >= 0.3 is 0 Å². The number of benzene rings is 1. The Morgan fingerprint density at radius 3 is 2.88 bits per heavy atom. The zero-order valence-corrected chi connectivity index (χ0v) is 11.8. The van der Waals surface area contributed by atoms with E-state index in [0.29, 0.717) is 6.61 Å². The van der Waals surface area contributed by atoms with Gasteiger partial charge in [0.05, 0.1) is 0 Å². The van der Waals surface area contributed by atoms with Gasteiger partial charge in [-0.2, -0.15) is 11.8 Å². The molecule has 0 aromatic heterocycles. The topological polar surface area (TPSA) is 32.3 Å². The van der Waals surface area contributed by atoms with Crippen LogP contribution in [-0.2, 0) is 6.54 Å². The van der Waals surface area contributed by atoms with Crippen molar-refractivity contribution in [2.45, 2.75) is 19.9 Å². The van der Waals surface area contributed by atoms with Gasteiger partial charge in [-0.25, -0.2) is 0 Å². The number of aliphatic hydroxyl groups is 1. The second-order valence-electron chi connectivity index (χ2n) is 3.95. The number of aliphatic hydroxyl groups excluding tert-OH is 1. The van der Waals surface area contributed by atoms with Crippen LogP contribution in [0.3, 0.4) is 0 Å². The highest BCUT2D eigenvalue weighted by Crippen LogP contribution is 2.16. The largest absolute Gasteiger partial charge is 0.396 e. The first-order valence-electron chi connectivity index (χ1n) is 5.88. The van der Waals surface area contributed by atoms with Crippen LogP contribution in [-0.4, -0.2) is 29.8 Å². The maximum absolute atomic E-state index is 8.63. The number of halogens is 1. The van der Waals surface area contributed by atoms with Gasteiger partial charge in [-0.05, 0) is 36.3 Å². The number of thioether (sulfide) groups is 1. The van der Waals surface area contributed by atoms with Crippen molar-refractivity contribution in [3.05, 3.63) is 34.3 Å². The Morgan fingerprint density at radius 1 is 1.35 bits per heavy atom. The van der Waals surface area contributed by atoms with Gasteiger partial charge in [-0.15, -0.1) is 0 Å². The molecule has 0 aliphatic carbocycles. The molecule has 0 amide bonds. The number of aryl methyl sites for hydroxylation is 1. The summed E-state index contributed by atoms with van der Waals surface area (Å²) < 4.78 is 0. The van der Waals surface area contributed by atoms with Crippen molar-refractivity contribution >= 4 is 23.4 Å². The number of hydrogen-bond acceptors (Lipinski definition) is 3. The first kappa shape index (κ1) is 14.8. The van der Waals surface area contributed by atoms with Crippen molar-refractivity contribution in [3.8, 4) is 0 Å². The molecular weight excluding hydrogens is 254 g/mol. The molecule has 0 aliphatic rings. The minimum atomic E-state index is 0.296. The van der Waals surface area contributed by atoms with E-state index >= 15 is 0 Å². The van der Waals surface area contributed by atoms with Crippen LogP contribution in [0.25, 0.3) is 0 Å². The molecule has 4 heteroatoms. The van der Waals surface area contributed by atoms with E-state index in [1.807, 2.05) is 24.8 Å². The lowest BCUT2D eigenvalue weighted by Crippen LogP contribution is -2.16. The fourth-order valence-corrected chi connectivity index (χ4v) is 2.41. The molecule has 2 N–H and O–H groups in total. The summed E-state index contributed by atoms with van der Waals surface area (Å²) in [6.07, 6.45) is 0.890. The molecule has 0 saturated heterocycles. The Hall–Kier alpha value is -0.220. The predicted octanol–water partition coefficient (Wildman–Crippen LogP) is 2.85. The quantitative estimate of drug-likeness (QED) is 0.715. The zero-order valence-electron chi connectivity index (χ0n) is 10.2. The number of hydrogen-bond donors (Lipinski definition) is 2. The lowest BCUT2D eigenvalue weighted by Gasteiger charge is -2.06. The molecule has 1 aromatic carbocycles. The Bertz CT molecular complexity index is 333. The van der Waals surface area contributed by atoms with Gasteiger partial charge in [0.15, 0.2) is 0 Å². The van der Waals surface area contributed by atoms with E-state index in [0.717, 1.165) is 41.6 Å². The van der Waals surface area contributed by atoms with E-state index in [-0.39, 0.29) is 0 Å². The Kier molecular flexibility index (Phi) is 7.69. The van der Waals surface area contributed by atoms with Crippen LogP contribution in [0.5, 0.6) is 0 Å². The lowest BCUT2D eigenvalue weighted by atomic mass is 10.1. The van der Waals surface area contributed by atoms with Crippen LogP contribution in [0.4, 0.5) is 0 Å². The molecular formula is C13H20ClNOS. The molecule has 0 aliphatic heterocycles. The van der Waals surface area contributed by atoms with E-state index in [1.165, 1.54) is 5.56 Å². The summed E-state index contributed by atoms with van der Waals surface area (Å²) >= 11 is 7.84. The minimum Gasteiger partial charge on any atom is -0.396 e. The summed E-state index contributed by atoms with van der Waals surface area (Å²) in [4.78, 5) is 0. The van der Waals surface area contributed by atoms with E-state index < -0.39 is 0 Å². The van der Waals surface area contributed by atoms with Crippen LogP contribution < -0.4 is 5.32 Å². The first-order valence-corrected chi connectivity index (χ1v) is 7.41. The van der Waals surface area contributed by atoms with Crippen LogP contribution in [0.2, 0.25) is 5.02 Å². The third-order valence-corrected chi connectivity index (χ3v) is 3.92. The zero-order chi connectivity index (χ0) is 12.5. The summed E-state index contributed by atoms with van der Waals surface area (Å²) in [5.74, 6) is 2.13. The molecule has 0 bridgehead atoms. The van der Waals surface area contributed by atoms with Crippen molar-refractivity contribution in [2.24, 2.45) is 0 Å².